The Morgan fingerprint density at radius 3 is 2.58 bits per heavy atom. The summed E-state index contributed by atoms with van der Waals surface area (Å²) in [6.45, 7) is 4.33. The number of methoxy groups -OCH3 is 1. The third-order valence-electron chi connectivity index (χ3n) is 8.49. The summed E-state index contributed by atoms with van der Waals surface area (Å²) >= 11 is 0. The summed E-state index contributed by atoms with van der Waals surface area (Å²) < 4.78 is 15.4. The number of benzene rings is 2. The van der Waals surface area contributed by atoms with Crippen LogP contribution >= 0.6 is 0 Å². The molecule has 2 atom stereocenters. The molecular weight excluding hydrogens is 476 g/mol. The highest BCUT2D eigenvalue weighted by Gasteiger charge is 2.27. The molecule has 3 heterocycles. The number of rotatable bonds is 8. The molecule has 1 saturated heterocycles. The number of hydrogen-bond donors (Lipinski definition) is 0. The van der Waals surface area contributed by atoms with Gasteiger partial charge in [0.2, 0.25) is 0 Å². The zero-order valence-electron chi connectivity index (χ0n) is 22.6. The van der Waals surface area contributed by atoms with Gasteiger partial charge < -0.3 is 14.4 Å². The summed E-state index contributed by atoms with van der Waals surface area (Å²) in [5.74, 6) is 0.905. The maximum atomic E-state index is 13.4. The molecule has 1 saturated carbocycles. The molecular formula is C31H38N4O3. The number of ether oxygens (including phenoxy) is 2. The van der Waals surface area contributed by atoms with E-state index < -0.39 is 0 Å². The second-order valence-corrected chi connectivity index (χ2v) is 10.9. The summed E-state index contributed by atoms with van der Waals surface area (Å²) in [6, 6.07) is 14.8. The Labute approximate surface area is 224 Å². The number of likely N-dealkylation sites (tertiary alicyclic amines) is 1. The summed E-state index contributed by atoms with van der Waals surface area (Å²) in [5, 5.41) is 1.01. The van der Waals surface area contributed by atoms with Crippen LogP contribution in [0, 0.1) is 0 Å². The van der Waals surface area contributed by atoms with E-state index >= 15 is 0 Å². The van der Waals surface area contributed by atoms with Gasteiger partial charge in [-0.2, -0.15) is 0 Å². The zero-order valence-corrected chi connectivity index (χ0v) is 22.6. The first-order valence-corrected chi connectivity index (χ1v) is 14.1. The highest BCUT2D eigenvalue weighted by Crippen LogP contribution is 2.35. The summed E-state index contributed by atoms with van der Waals surface area (Å²) in [4.78, 5) is 20.7. The van der Waals surface area contributed by atoms with Crippen molar-refractivity contribution < 1.29 is 9.47 Å². The fraction of sp³-hybridized carbons (Fsp3) is 0.484. The van der Waals surface area contributed by atoms with Crippen LogP contribution in [-0.4, -0.2) is 58.5 Å². The Morgan fingerprint density at radius 2 is 1.79 bits per heavy atom. The van der Waals surface area contributed by atoms with E-state index in [4.69, 9.17) is 14.5 Å². The van der Waals surface area contributed by atoms with Crippen LogP contribution in [0.15, 0.2) is 53.5 Å². The Balaban J connectivity index is 1.28. The van der Waals surface area contributed by atoms with Gasteiger partial charge in [-0.25, -0.2) is 4.79 Å². The molecule has 7 heteroatoms. The molecule has 6 rings (SSSR count). The van der Waals surface area contributed by atoms with Crippen LogP contribution < -0.4 is 10.4 Å². The SMILES string of the molecule is CO[C@H]1CCC[C@@H](n2c(=O)n(C)c3cnc4ccc(-c5ccc(OCCCN6CCCC6)cc5)cc4c32)C1. The van der Waals surface area contributed by atoms with Gasteiger partial charge in [-0.05, 0) is 93.4 Å². The molecule has 0 amide bonds. The minimum Gasteiger partial charge on any atom is -0.494 e. The van der Waals surface area contributed by atoms with Crippen LogP contribution in [0.4, 0.5) is 0 Å². The number of pyridine rings is 1. The van der Waals surface area contributed by atoms with E-state index in [1.165, 1.54) is 25.9 Å². The quantitative estimate of drug-likeness (QED) is 0.289. The van der Waals surface area contributed by atoms with Crippen molar-refractivity contribution in [3.05, 3.63) is 59.1 Å². The third-order valence-corrected chi connectivity index (χ3v) is 8.49. The van der Waals surface area contributed by atoms with Gasteiger partial charge in [-0.1, -0.05) is 18.2 Å². The molecule has 0 N–H and O–H groups in total. The molecule has 38 heavy (non-hydrogen) atoms. The fourth-order valence-electron chi connectivity index (χ4n) is 6.34. The van der Waals surface area contributed by atoms with Gasteiger partial charge in [0.25, 0.3) is 0 Å². The fourth-order valence-corrected chi connectivity index (χ4v) is 6.34. The van der Waals surface area contributed by atoms with Crippen molar-refractivity contribution in [2.24, 2.45) is 7.05 Å². The van der Waals surface area contributed by atoms with Crippen LogP contribution in [0.25, 0.3) is 33.1 Å². The monoisotopic (exact) mass is 514 g/mol. The minimum atomic E-state index is 0.0210. The van der Waals surface area contributed by atoms with Crippen LogP contribution in [-0.2, 0) is 11.8 Å². The molecule has 4 aromatic rings. The Bertz CT molecular complexity index is 1470. The van der Waals surface area contributed by atoms with Gasteiger partial charge in [0.1, 0.15) is 5.75 Å². The zero-order chi connectivity index (χ0) is 26.1. The number of hydrogen-bond acceptors (Lipinski definition) is 5. The first kappa shape index (κ1) is 25.1. The van der Waals surface area contributed by atoms with Gasteiger partial charge in [-0.3, -0.25) is 14.1 Å². The van der Waals surface area contributed by atoms with Gasteiger partial charge in [-0.15, -0.1) is 0 Å². The van der Waals surface area contributed by atoms with Gasteiger partial charge in [0.05, 0.1) is 35.5 Å². The van der Waals surface area contributed by atoms with Crippen LogP contribution in [0.2, 0.25) is 0 Å². The molecule has 0 bridgehead atoms. The predicted octanol–water partition coefficient (Wildman–Crippen LogP) is 5.55. The number of imidazole rings is 1. The van der Waals surface area contributed by atoms with Crippen LogP contribution in [0.5, 0.6) is 5.75 Å². The number of aromatic nitrogens is 3. The standard InChI is InChI=1S/C31H38N4O3/c1-33-29-21-32-28-14-11-23(22-9-12-25(13-10-22)38-18-6-17-34-15-3-4-16-34)19-27(28)30(29)35(31(33)36)24-7-5-8-26(20-24)37-2/h9-14,19,21,24,26H,3-8,15-18,20H2,1-2H3/t24-,26+/m1/s1. The first-order chi connectivity index (χ1) is 18.6. The van der Waals surface area contributed by atoms with Crippen molar-refractivity contribution >= 4 is 21.9 Å². The molecule has 7 nitrogen and oxygen atoms in total. The second-order valence-electron chi connectivity index (χ2n) is 10.9. The molecule has 2 aliphatic rings. The van der Waals surface area contributed by atoms with Crippen molar-refractivity contribution in [2.75, 3.05) is 33.4 Å². The van der Waals surface area contributed by atoms with Crippen LogP contribution in [0.3, 0.4) is 0 Å². The van der Waals surface area contributed by atoms with Crippen molar-refractivity contribution in [2.45, 2.75) is 57.1 Å². The molecule has 200 valence electrons. The lowest BCUT2D eigenvalue weighted by Gasteiger charge is -2.29. The lowest BCUT2D eigenvalue weighted by molar-refractivity contribution is 0.0531. The lowest BCUT2D eigenvalue weighted by Crippen LogP contribution is -2.31. The first-order valence-electron chi connectivity index (χ1n) is 14.1. The number of nitrogens with zero attached hydrogens (tertiary/aromatic N) is 4. The third kappa shape index (κ3) is 4.85. The predicted molar refractivity (Wildman–Crippen MR) is 152 cm³/mol. The maximum absolute atomic E-state index is 13.4. The normalized spacial score (nSPS) is 20.5. The molecule has 2 aromatic carbocycles. The summed E-state index contributed by atoms with van der Waals surface area (Å²) in [6.07, 6.45) is 9.71. The molecule has 0 spiro atoms. The van der Waals surface area contributed by atoms with E-state index in [2.05, 4.69) is 47.4 Å². The highest BCUT2D eigenvalue weighted by atomic mass is 16.5. The van der Waals surface area contributed by atoms with Crippen molar-refractivity contribution in [3.63, 3.8) is 0 Å². The molecule has 1 aliphatic carbocycles. The Hall–Kier alpha value is -3.16. The van der Waals surface area contributed by atoms with E-state index in [0.717, 1.165) is 84.1 Å². The summed E-state index contributed by atoms with van der Waals surface area (Å²) in [5.41, 5.74) is 5.00. The van der Waals surface area contributed by atoms with E-state index in [1.807, 2.05) is 17.8 Å². The molecule has 0 radical (unpaired) electrons. The van der Waals surface area contributed by atoms with E-state index in [9.17, 15) is 4.79 Å². The van der Waals surface area contributed by atoms with Gasteiger partial charge in [0.15, 0.2) is 0 Å². The Morgan fingerprint density at radius 1 is 1.00 bits per heavy atom. The van der Waals surface area contributed by atoms with E-state index in [0.29, 0.717) is 0 Å². The van der Waals surface area contributed by atoms with E-state index in [-0.39, 0.29) is 17.8 Å². The largest absolute Gasteiger partial charge is 0.494 e. The average Bonchev–Trinajstić information content (AvgIpc) is 3.57. The minimum absolute atomic E-state index is 0.0210. The van der Waals surface area contributed by atoms with Crippen molar-refractivity contribution in [1.29, 1.82) is 0 Å². The lowest BCUT2D eigenvalue weighted by atomic mass is 9.92. The molecule has 2 fully saturated rings. The maximum Gasteiger partial charge on any atom is 0.329 e. The smallest absolute Gasteiger partial charge is 0.329 e. The molecule has 1 aliphatic heterocycles. The van der Waals surface area contributed by atoms with Crippen molar-refractivity contribution in [3.8, 4) is 16.9 Å². The number of aryl methyl sites for hydroxylation is 1. The Kier molecular flexibility index (Phi) is 7.22. The number of fused-ring (bicyclic) bond motifs is 3. The topological polar surface area (TPSA) is 61.5 Å². The highest BCUT2D eigenvalue weighted by molar-refractivity contribution is 6.04. The molecule has 0 unspecified atom stereocenters. The molecule has 2 aromatic heterocycles. The van der Waals surface area contributed by atoms with Gasteiger partial charge in [0, 0.05) is 32.1 Å². The summed E-state index contributed by atoms with van der Waals surface area (Å²) in [7, 11) is 3.62. The van der Waals surface area contributed by atoms with Crippen LogP contribution in [0.1, 0.15) is 51.0 Å². The van der Waals surface area contributed by atoms with Gasteiger partial charge >= 0.3 is 5.69 Å². The van der Waals surface area contributed by atoms with E-state index in [1.54, 1.807) is 11.7 Å². The van der Waals surface area contributed by atoms with Crippen molar-refractivity contribution in [1.82, 2.24) is 19.0 Å². The second kappa shape index (κ2) is 10.9. The average molecular weight is 515 g/mol.